The van der Waals surface area contributed by atoms with Crippen LogP contribution < -0.4 is 21.3 Å². The Morgan fingerprint density at radius 1 is 1.09 bits per heavy atom. The third kappa shape index (κ3) is 13.2. The van der Waals surface area contributed by atoms with E-state index in [1.807, 2.05) is 25.9 Å². The third-order valence-corrected chi connectivity index (χ3v) is 5.93. The molecule has 0 aliphatic heterocycles. The minimum Gasteiger partial charge on any atom is -0.481 e. The van der Waals surface area contributed by atoms with E-state index in [0.717, 1.165) is 6.42 Å². The van der Waals surface area contributed by atoms with E-state index in [0.29, 0.717) is 49.5 Å². The van der Waals surface area contributed by atoms with Crippen LogP contribution in [0.5, 0.6) is 0 Å². The van der Waals surface area contributed by atoms with E-state index in [4.69, 9.17) is 14.9 Å². The summed E-state index contributed by atoms with van der Waals surface area (Å²) >= 11 is 0. The van der Waals surface area contributed by atoms with Gasteiger partial charge in [-0.3, -0.25) is 20.3 Å². The van der Waals surface area contributed by atoms with Crippen LogP contribution in [0.4, 0.5) is 28.1 Å². The van der Waals surface area contributed by atoms with Crippen LogP contribution in [0.3, 0.4) is 0 Å². The number of anilines is 4. The summed E-state index contributed by atoms with van der Waals surface area (Å²) in [5.41, 5.74) is 1.31. The Morgan fingerprint density at radius 2 is 1.87 bits per heavy atom. The average molecular weight is 637 g/mol. The van der Waals surface area contributed by atoms with Crippen LogP contribution in [-0.2, 0) is 19.1 Å². The first-order valence-electron chi connectivity index (χ1n) is 14.8. The number of hydrogen-bond donors (Lipinski definition) is 5. The van der Waals surface area contributed by atoms with Crippen LogP contribution in [-0.4, -0.2) is 110 Å². The molecule has 0 atom stereocenters. The van der Waals surface area contributed by atoms with Crippen LogP contribution in [0.15, 0.2) is 30.6 Å². The van der Waals surface area contributed by atoms with E-state index < -0.39 is 6.09 Å². The fourth-order valence-corrected chi connectivity index (χ4v) is 3.62. The van der Waals surface area contributed by atoms with Gasteiger partial charge in [0, 0.05) is 39.2 Å². The first-order valence-corrected chi connectivity index (χ1v) is 14.8. The maximum Gasteiger partial charge on any atom is 0.412 e. The lowest BCUT2D eigenvalue weighted by molar-refractivity contribution is -0.131. The zero-order valence-corrected chi connectivity index (χ0v) is 27.3. The predicted molar refractivity (Wildman–Crippen MR) is 177 cm³/mol. The summed E-state index contributed by atoms with van der Waals surface area (Å²) < 4.78 is 9.95. The standard InChI is InChI=1S/C31H44N10O5/c1-7-15-34-28-22(13-10-9-11-16-33-25(42)21-41(5)26(43)14-12-17-40(3)4)19-36-30(38-28)37-23-18-24(27(32)45-6)29(35-20-23)39-31(44)46-8-2/h12,14,18-20,32H,7-9,11,15-17,21H2,1-6H3,(H,33,42)(H,35,39,44)(H2,34,36,37,38)/b14-12+,32-27?. The molecule has 248 valence electrons. The van der Waals surface area contributed by atoms with Crippen LogP contribution in [0.25, 0.3) is 0 Å². The summed E-state index contributed by atoms with van der Waals surface area (Å²) in [6.45, 7) is 5.62. The van der Waals surface area contributed by atoms with E-state index in [9.17, 15) is 14.4 Å². The monoisotopic (exact) mass is 636 g/mol. The molecule has 15 nitrogen and oxygen atoms in total. The molecule has 0 saturated carbocycles. The predicted octanol–water partition coefficient (Wildman–Crippen LogP) is 2.80. The molecule has 15 heteroatoms. The maximum atomic E-state index is 12.2. The number of rotatable bonds is 16. The van der Waals surface area contributed by atoms with Crippen molar-refractivity contribution in [3.63, 3.8) is 0 Å². The highest BCUT2D eigenvalue weighted by Gasteiger charge is 2.16. The number of pyridine rings is 1. The van der Waals surface area contributed by atoms with Crippen molar-refractivity contribution >= 4 is 47.1 Å². The molecule has 2 heterocycles. The van der Waals surface area contributed by atoms with Gasteiger partial charge in [-0.15, -0.1) is 0 Å². The van der Waals surface area contributed by atoms with Crippen molar-refractivity contribution in [1.82, 2.24) is 30.1 Å². The smallest absolute Gasteiger partial charge is 0.412 e. The van der Waals surface area contributed by atoms with Gasteiger partial charge in [-0.05, 0) is 39.9 Å². The van der Waals surface area contributed by atoms with Gasteiger partial charge in [0.15, 0.2) is 0 Å². The Bertz CT molecular complexity index is 1430. The van der Waals surface area contributed by atoms with Gasteiger partial charge in [0.25, 0.3) is 0 Å². The van der Waals surface area contributed by atoms with Crippen LogP contribution >= 0.6 is 0 Å². The van der Waals surface area contributed by atoms with Gasteiger partial charge in [0.2, 0.25) is 23.7 Å². The number of nitrogens with zero attached hydrogens (tertiary/aromatic N) is 5. The van der Waals surface area contributed by atoms with Gasteiger partial charge in [-0.25, -0.2) is 14.8 Å². The number of unbranched alkanes of at least 4 members (excludes halogenated alkanes) is 1. The molecular weight excluding hydrogens is 592 g/mol. The van der Waals surface area contributed by atoms with Gasteiger partial charge < -0.3 is 35.2 Å². The Kier molecular flexibility index (Phi) is 16.0. The summed E-state index contributed by atoms with van der Waals surface area (Å²) in [5, 5.41) is 19.7. The lowest BCUT2D eigenvalue weighted by atomic mass is 10.2. The molecule has 2 aromatic rings. The lowest BCUT2D eigenvalue weighted by Crippen LogP contribution is -2.38. The van der Waals surface area contributed by atoms with Crippen LogP contribution in [0.1, 0.15) is 44.2 Å². The van der Waals surface area contributed by atoms with Crippen molar-refractivity contribution in [3.05, 3.63) is 41.7 Å². The number of amides is 3. The molecule has 0 aromatic carbocycles. The molecular formula is C31H44N10O5. The molecule has 3 amide bonds. The number of hydrogen-bond acceptors (Lipinski definition) is 12. The zero-order chi connectivity index (χ0) is 33.9. The molecule has 0 saturated heterocycles. The van der Waals surface area contributed by atoms with E-state index in [2.05, 4.69) is 48.1 Å². The summed E-state index contributed by atoms with van der Waals surface area (Å²) in [5.74, 6) is 6.45. The molecule has 2 aromatic heterocycles. The lowest BCUT2D eigenvalue weighted by Gasteiger charge is -2.14. The highest BCUT2D eigenvalue weighted by atomic mass is 16.5. The number of aromatic nitrogens is 3. The number of carbonyl (C=O) groups is 3. The number of carbonyl (C=O) groups excluding carboxylic acids is 3. The van der Waals surface area contributed by atoms with Crippen molar-refractivity contribution in [2.75, 3.05) is 77.0 Å². The summed E-state index contributed by atoms with van der Waals surface area (Å²) in [4.78, 5) is 52.7. The highest BCUT2D eigenvalue weighted by Crippen LogP contribution is 2.22. The fraction of sp³-hybridized carbons (Fsp3) is 0.452. The van der Waals surface area contributed by atoms with Gasteiger partial charge >= 0.3 is 6.09 Å². The number of ether oxygens (including phenoxy) is 2. The second kappa shape index (κ2) is 19.9. The summed E-state index contributed by atoms with van der Waals surface area (Å²) in [6.07, 6.45) is 7.61. The molecule has 46 heavy (non-hydrogen) atoms. The molecule has 5 N–H and O–H groups in total. The second-order valence-electron chi connectivity index (χ2n) is 10.1. The molecule has 0 spiro atoms. The molecule has 0 unspecified atom stereocenters. The Balaban J connectivity index is 2.00. The summed E-state index contributed by atoms with van der Waals surface area (Å²) in [6, 6.07) is 1.58. The fourth-order valence-electron chi connectivity index (χ4n) is 3.62. The van der Waals surface area contributed by atoms with Crippen molar-refractivity contribution in [3.8, 4) is 11.8 Å². The highest BCUT2D eigenvalue weighted by molar-refractivity contribution is 6.00. The second-order valence-corrected chi connectivity index (χ2v) is 10.1. The normalized spacial score (nSPS) is 10.5. The third-order valence-electron chi connectivity index (χ3n) is 5.93. The average Bonchev–Trinajstić information content (AvgIpc) is 3.02. The number of methoxy groups -OCH3 is 1. The first kappa shape index (κ1) is 37.0. The minimum absolute atomic E-state index is 0.0259. The first-order chi connectivity index (χ1) is 22.1. The molecule has 0 bridgehead atoms. The Labute approximate surface area is 270 Å². The van der Waals surface area contributed by atoms with Crippen molar-refractivity contribution in [1.29, 1.82) is 5.41 Å². The largest absolute Gasteiger partial charge is 0.481 e. The quantitative estimate of drug-likeness (QED) is 0.0600. The van der Waals surface area contributed by atoms with E-state index in [1.54, 1.807) is 32.3 Å². The van der Waals surface area contributed by atoms with Crippen molar-refractivity contribution in [2.24, 2.45) is 0 Å². The van der Waals surface area contributed by atoms with Gasteiger partial charge in [0.05, 0.1) is 49.5 Å². The van der Waals surface area contributed by atoms with E-state index in [1.165, 1.54) is 24.3 Å². The Hall–Kier alpha value is -5.23. The Morgan fingerprint density at radius 3 is 2.57 bits per heavy atom. The van der Waals surface area contributed by atoms with Crippen LogP contribution in [0, 0.1) is 17.3 Å². The van der Waals surface area contributed by atoms with Crippen molar-refractivity contribution < 1.29 is 23.9 Å². The van der Waals surface area contributed by atoms with E-state index in [-0.39, 0.29) is 48.2 Å². The van der Waals surface area contributed by atoms with E-state index >= 15 is 0 Å². The van der Waals surface area contributed by atoms with Crippen LogP contribution in [0.2, 0.25) is 0 Å². The number of likely N-dealkylation sites (N-methyl/N-ethyl adjacent to an activating group) is 2. The SMILES string of the molecule is CCCNc1nc(Nc2cnc(NC(=O)OCC)c(C(=N)OC)c2)ncc1C#CCCCNC(=O)CN(C)C(=O)/C=C/CN(C)C. The molecule has 0 fully saturated rings. The molecule has 0 aliphatic carbocycles. The molecule has 0 radical (unpaired) electrons. The maximum absolute atomic E-state index is 12.2. The topological polar surface area (TPSA) is 187 Å². The molecule has 2 rings (SSSR count). The van der Waals surface area contributed by atoms with Gasteiger partial charge in [-0.2, -0.15) is 4.98 Å². The van der Waals surface area contributed by atoms with Gasteiger partial charge in [0.1, 0.15) is 11.6 Å². The zero-order valence-electron chi connectivity index (χ0n) is 27.3. The number of nitrogens with one attached hydrogen (secondary N) is 5. The van der Waals surface area contributed by atoms with Gasteiger partial charge in [-0.1, -0.05) is 24.8 Å². The minimum atomic E-state index is -0.697. The van der Waals surface area contributed by atoms with Crippen molar-refractivity contribution in [2.45, 2.75) is 33.1 Å². The molecule has 0 aliphatic rings. The summed E-state index contributed by atoms with van der Waals surface area (Å²) in [7, 11) is 6.75.